The zero-order chi connectivity index (χ0) is 17.5. The second-order valence-corrected chi connectivity index (χ2v) is 5.05. The highest BCUT2D eigenvalue weighted by atomic mass is 16.5. The maximum absolute atomic E-state index is 12.6. The Morgan fingerprint density at radius 3 is 2.42 bits per heavy atom. The third kappa shape index (κ3) is 3.90. The number of ether oxygens (including phenoxy) is 2. The van der Waals surface area contributed by atoms with E-state index >= 15 is 0 Å². The van der Waals surface area contributed by atoms with Crippen LogP contribution in [0.15, 0.2) is 47.4 Å². The molecule has 0 atom stereocenters. The SMILES string of the molecule is CCOC(=O)c1c(C(=O)OC)ccn(CCc2ccccc2)c1=O. The Labute approximate surface area is 139 Å². The first kappa shape index (κ1) is 17.5. The Kier molecular flexibility index (Phi) is 5.89. The van der Waals surface area contributed by atoms with Crippen molar-refractivity contribution in [2.45, 2.75) is 19.9 Å². The van der Waals surface area contributed by atoms with Gasteiger partial charge < -0.3 is 14.0 Å². The molecule has 24 heavy (non-hydrogen) atoms. The average molecular weight is 329 g/mol. The highest BCUT2D eigenvalue weighted by Gasteiger charge is 2.23. The molecule has 0 amide bonds. The number of hydrogen-bond acceptors (Lipinski definition) is 5. The summed E-state index contributed by atoms with van der Waals surface area (Å²) < 4.78 is 10.9. The van der Waals surface area contributed by atoms with Crippen LogP contribution in [0.5, 0.6) is 0 Å². The van der Waals surface area contributed by atoms with Crippen LogP contribution < -0.4 is 5.56 Å². The van der Waals surface area contributed by atoms with Crippen LogP contribution in [-0.2, 0) is 22.4 Å². The van der Waals surface area contributed by atoms with E-state index < -0.39 is 17.5 Å². The number of nitrogens with zero attached hydrogens (tertiary/aromatic N) is 1. The normalized spacial score (nSPS) is 10.2. The van der Waals surface area contributed by atoms with E-state index in [1.165, 1.54) is 23.9 Å². The Hall–Kier alpha value is -2.89. The topological polar surface area (TPSA) is 74.6 Å². The number of aromatic nitrogens is 1. The zero-order valence-electron chi connectivity index (χ0n) is 13.7. The number of carbonyl (C=O) groups excluding carboxylic acids is 2. The van der Waals surface area contributed by atoms with Crippen LogP contribution in [0.1, 0.15) is 33.2 Å². The minimum absolute atomic E-state index is 0.0862. The molecule has 0 bridgehead atoms. The fraction of sp³-hybridized carbons (Fsp3) is 0.278. The van der Waals surface area contributed by atoms with E-state index in [1.807, 2.05) is 30.3 Å². The summed E-state index contributed by atoms with van der Waals surface area (Å²) in [6.45, 7) is 2.13. The Morgan fingerprint density at radius 1 is 1.08 bits per heavy atom. The van der Waals surface area contributed by atoms with Gasteiger partial charge >= 0.3 is 11.9 Å². The van der Waals surface area contributed by atoms with Gasteiger partial charge in [0.25, 0.3) is 5.56 Å². The third-order valence-electron chi connectivity index (χ3n) is 3.53. The summed E-state index contributed by atoms with van der Waals surface area (Å²) in [5.41, 5.74) is 0.127. The smallest absolute Gasteiger partial charge is 0.344 e. The van der Waals surface area contributed by atoms with E-state index in [2.05, 4.69) is 4.74 Å². The van der Waals surface area contributed by atoms with Crippen LogP contribution in [0.2, 0.25) is 0 Å². The lowest BCUT2D eigenvalue weighted by Gasteiger charge is -2.11. The largest absolute Gasteiger partial charge is 0.465 e. The van der Waals surface area contributed by atoms with Crippen molar-refractivity contribution >= 4 is 11.9 Å². The van der Waals surface area contributed by atoms with E-state index in [-0.39, 0.29) is 17.7 Å². The van der Waals surface area contributed by atoms with Crippen LogP contribution in [0, 0.1) is 0 Å². The van der Waals surface area contributed by atoms with Gasteiger partial charge in [-0.3, -0.25) is 4.79 Å². The fourth-order valence-corrected chi connectivity index (χ4v) is 2.33. The van der Waals surface area contributed by atoms with E-state index in [0.717, 1.165) is 5.56 Å². The first-order chi connectivity index (χ1) is 11.6. The van der Waals surface area contributed by atoms with Gasteiger partial charge in [0, 0.05) is 12.7 Å². The minimum Gasteiger partial charge on any atom is -0.465 e. The van der Waals surface area contributed by atoms with Gasteiger partial charge in [-0.05, 0) is 25.0 Å². The molecule has 0 aliphatic rings. The fourth-order valence-electron chi connectivity index (χ4n) is 2.33. The lowest BCUT2D eigenvalue weighted by atomic mass is 10.1. The second kappa shape index (κ2) is 8.10. The van der Waals surface area contributed by atoms with Gasteiger partial charge in [-0.1, -0.05) is 30.3 Å². The van der Waals surface area contributed by atoms with Crippen LogP contribution in [0.3, 0.4) is 0 Å². The van der Waals surface area contributed by atoms with Crippen molar-refractivity contribution in [3.05, 3.63) is 69.6 Å². The molecule has 0 unspecified atom stereocenters. The molecular weight excluding hydrogens is 310 g/mol. The number of hydrogen-bond donors (Lipinski definition) is 0. The Morgan fingerprint density at radius 2 is 1.79 bits per heavy atom. The van der Waals surface area contributed by atoms with Crippen LogP contribution in [0.25, 0.3) is 0 Å². The molecule has 2 rings (SSSR count). The van der Waals surface area contributed by atoms with Gasteiger partial charge in [0.05, 0.1) is 19.3 Å². The van der Waals surface area contributed by atoms with Crippen molar-refractivity contribution in [2.75, 3.05) is 13.7 Å². The molecule has 1 heterocycles. The molecule has 0 saturated heterocycles. The predicted octanol–water partition coefficient (Wildman–Crippen LogP) is 2.05. The molecule has 0 spiro atoms. The third-order valence-corrected chi connectivity index (χ3v) is 3.53. The molecule has 1 aromatic carbocycles. The molecule has 2 aromatic rings. The number of carbonyl (C=O) groups is 2. The Balaban J connectivity index is 2.36. The molecule has 1 aromatic heterocycles. The number of benzene rings is 1. The zero-order valence-corrected chi connectivity index (χ0v) is 13.7. The first-order valence-electron chi connectivity index (χ1n) is 7.61. The minimum atomic E-state index is -0.822. The lowest BCUT2D eigenvalue weighted by Crippen LogP contribution is -2.31. The van der Waals surface area contributed by atoms with E-state index in [0.29, 0.717) is 13.0 Å². The van der Waals surface area contributed by atoms with Crippen LogP contribution in [0.4, 0.5) is 0 Å². The molecule has 0 saturated carbocycles. The van der Waals surface area contributed by atoms with Crippen molar-refractivity contribution in [3.8, 4) is 0 Å². The van der Waals surface area contributed by atoms with Gasteiger partial charge in [0.1, 0.15) is 5.56 Å². The number of esters is 2. The molecule has 0 fully saturated rings. The number of methoxy groups -OCH3 is 1. The van der Waals surface area contributed by atoms with Crippen molar-refractivity contribution in [1.29, 1.82) is 0 Å². The van der Waals surface area contributed by atoms with Gasteiger partial charge in [0.2, 0.25) is 0 Å². The van der Waals surface area contributed by atoms with E-state index in [4.69, 9.17) is 4.74 Å². The molecule has 0 aliphatic carbocycles. The van der Waals surface area contributed by atoms with Crippen LogP contribution in [-0.4, -0.2) is 30.2 Å². The quantitative estimate of drug-likeness (QED) is 0.758. The van der Waals surface area contributed by atoms with Gasteiger partial charge in [-0.15, -0.1) is 0 Å². The molecule has 6 nitrogen and oxygen atoms in total. The van der Waals surface area contributed by atoms with Gasteiger partial charge in [-0.2, -0.15) is 0 Å². The van der Waals surface area contributed by atoms with Crippen molar-refractivity contribution in [1.82, 2.24) is 4.57 Å². The molecule has 0 radical (unpaired) electrons. The highest BCUT2D eigenvalue weighted by Crippen LogP contribution is 2.09. The summed E-state index contributed by atoms with van der Waals surface area (Å²) in [5.74, 6) is -1.57. The van der Waals surface area contributed by atoms with Crippen molar-refractivity contribution in [3.63, 3.8) is 0 Å². The first-order valence-corrected chi connectivity index (χ1v) is 7.61. The highest BCUT2D eigenvalue weighted by molar-refractivity contribution is 6.02. The van der Waals surface area contributed by atoms with Crippen LogP contribution >= 0.6 is 0 Å². The summed E-state index contributed by atoms with van der Waals surface area (Å²) >= 11 is 0. The van der Waals surface area contributed by atoms with Gasteiger partial charge in [-0.25, -0.2) is 9.59 Å². The summed E-state index contributed by atoms with van der Waals surface area (Å²) in [5, 5.41) is 0. The van der Waals surface area contributed by atoms with Gasteiger partial charge in [0.15, 0.2) is 0 Å². The van der Waals surface area contributed by atoms with E-state index in [1.54, 1.807) is 6.92 Å². The molecule has 0 N–H and O–H groups in total. The number of pyridine rings is 1. The lowest BCUT2D eigenvalue weighted by molar-refractivity contribution is 0.0500. The summed E-state index contributed by atoms with van der Waals surface area (Å²) in [6.07, 6.45) is 2.11. The monoisotopic (exact) mass is 329 g/mol. The number of aryl methyl sites for hydroxylation is 2. The maximum atomic E-state index is 12.6. The predicted molar refractivity (Wildman–Crippen MR) is 88.1 cm³/mol. The number of rotatable bonds is 6. The second-order valence-electron chi connectivity index (χ2n) is 5.05. The Bertz CT molecular complexity index is 780. The molecule has 0 aliphatic heterocycles. The molecule has 6 heteroatoms. The standard InChI is InChI=1S/C18H19NO5/c1-3-24-18(22)15-14(17(21)23-2)10-12-19(16(15)20)11-9-13-7-5-4-6-8-13/h4-8,10,12H,3,9,11H2,1-2H3. The van der Waals surface area contributed by atoms with E-state index in [9.17, 15) is 14.4 Å². The summed E-state index contributed by atoms with van der Waals surface area (Å²) in [4.78, 5) is 36.5. The summed E-state index contributed by atoms with van der Waals surface area (Å²) in [7, 11) is 1.19. The average Bonchev–Trinajstić information content (AvgIpc) is 2.60. The summed E-state index contributed by atoms with van der Waals surface area (Å²) in [6, 6.07) is 11.1. The van der Waals surface area contributed by atoms with Crippen molar-refractivity contribution in [2.24, 2.45) is 0 Å². The van der Waals surface area contributed by atoms with Crippen molar-refractivity contribution < 1.29 is 19.1 Å². The molecular formula is C18H19NO5. The molecule has 126 valence electrons. The maximum Gasteiger partial charge on any atom is 0.344 e.